The highest BCUT2D eigenvalue weighted by Crippen LogP contribution is 2.12. The molecule has 0 aromatic heterocycles. The molecule has 1 heterocycles. The van der Waals surface area contributed by atoms with Crippen LogP contribution in [-0.2, 0) is 0 Å². The first-order valence-electron chi connectivity index (χ1n) is 3.56. The summed E-state index contributed by atoms with van der Waals surface area (Å²) in [5, 5.41) is 0. The van der Waals surface area contributed by atoms with Crippen LogP contribution in [0.5, 0.6) is 0 Å². The zero-order valence-electron chi connectivity index (χ0n) is 6.47. The molecule has 1 aliphatic heterocycles. The molecule has 1 rings (SSSR count). The Morgan fingerprint density at radius 2 is 2.40 bits per heavy atom. The van der Waals surface area contributed by atoms with Crippen molar-refractivity contribution in [1.82, 2.24) is 4.90 Å². The lowest BCUT2D eigenvalue weighted by Crippen LogP contribution is -2.26. The van der Waals surface area contributed by atoms with Crippen molar-refractivity contribution in [1.29, 1.82) is 0 Å². The summed E-state index contributed by atoms with van der Waals surface area (Å²) in [5.41, 5.74) is 0. The average molecular weight is 144 g/mol. The maximum Gasteiger partial charge on any atom is 0.119 e. The fraction of sp³-hybridized carbons (Fsp3) is 0.857. The second-order valence-electron chi connectivity index (χ2n) is 2.60. The molecule has 0 spiro atoms. The molecule has 0 aromatic rings. The number of aliphatic imine (C=N–C) groups is 1. The number of hydrogen-bond donors (Lipinski definition) is 0. The van der Waals surface area contributed by atoms with Crippen LogP contribution in [0.1, 0.15) is 13.3 Å². The van der Waals surface area contributed by atoms with Crippen molar-refractivity contribution in [2.45, 2.75) is 19.5 Å². The molecule has 0 amide bonds. The standard InChI is InChI=1S/C7H13FN2/c1-6(9-2)10-4-3-7(8)5-10/h7H,3-5H2,1-2H3/t7-/m1/s1. The van der Waals surface area contributed by atoms with Gasteiger partial charge in [0, 0.05) is 13.6 Å². The predicted molar refractivity (Wildman–Crippen MR) is 40.1 cm³/mol. The van der Waals surface area contributed by atoms with E-state index in [0.29, 0.717) is 13.0 Å². The molecule has 10 heavy (non-hydrogen) atoms. The Morgan fingerprint density at radius 1 is 1.70 bits per heavy atom. The van der Waals surface area contributed by atoms with Crippen molar-refractivity contribution in [2.24, 2.45) is 4.99 Å². The van der Waals surface area contributed by atoms with E-state index in [4.69, 9.17) is 0 Å². The van der Waals surface area contributed by atoms with Crippen LogP contribution in [0, 0.1) is 0 Å². The highest BCUT2D eigenvalue weighted by atomic mass is 19.1. The van der Waals surface area contributed by atoms with Gasteiger partial charge < -0.3 is 4.90 Å². The van der Waals surface area contributed by atoms with E-state index in [1.54, 1.807) is 7.05 Å². The number of nitrogens with zero attached hydrogens (tertiary/aromatic N) is 2. The van der Waals surface area contributed by atoms with Crippen molar-refractivity contribution in [2.75, 3.05) is 20.1 Å². The smallest absolute Gasteiger partial charge is 0.119 e. The summed E-state index contributed by atoms with van der Waals surface area (Å²) in [7, 11) is 1.74. The van der Waals surface area contributed by atoms with Gasteiger partial charge in [0.25, 0.3) is 0 Å². The van der Waals surface area contributed by atoms with Gasteiger partial charge in [0.05, 0.1) is 12.4 Å². The molecule has 2 nitrogen and oxygen atoms in total. The van der Waals surface area contributed by atoms with Crippen LogP contribution in [0.25, 0.3) is 0 Å². The molecule has 0 saturated carbocycles. The number of halogens is 1. The van der Waals surface area contributed by atoms with Crippen LogP contribution >= 0.6 is 0 Å². The van der Waals surface area contributed by atoms with Crippen LogP contribution in [0.15, 0.2) is 4.99 Å². The van der Waals surface area contributed by atoms with Crippen LogP contribution < -0.4 is 0 Å². The molecular weight excluding hydrogens is 131 g/mol. The van der Waals surface area contributed by atoms with Gasteiger partial charge in [-0.15, -0.1) is 0 Å². The molecule has 0 radical (unpaired) electrons. The molecule has 0 aromatic carbocycles. The molecule has 0 aliphatic carbocycles. The number of likely N-dealkylation sites (tertiary alicyclic amines) is 1. The summed E-state index contributed by atoms with van der Waals surface area (Å²) < 4.78 is 12.6. The SMILES string of the molecule is CN=C(C)N1CC[C@@H](F)C1. The molecule has 1 saturated heterocycles. The molecule has 0 unspecified atom stereocenters. The first-order valence-corrected chi connectivity index (χ1v) is 3.56. The van der Waals surface area contributed by atoms with Gasteiger partial charge in [0.2, 0.25) is 0 Å². The Balaban J connectivity index is 2.45. The third kappa shape index (κ3) is 1.46. The second kappa shape index (κ2) is 2.99. The maximum absolute atomic E-state index is 12.6. The summed E-state index contributed by atoms with van der Waals surface area (Å²) >= 11 is 0. The lowest BCUT2D eigenvalue weighted by molar-refractivity contribution is 0.342. The Kier molecular flexibility index (Phi) is 2.25. The Morgan fingerprint density at radius 3 is 2.80 bits per heavy atom. The molecule has 58 valence electrons. The summed E-state index contributed by atoms with van der Waals surface area (Å²) in [6.07, 6.45) is 0.0176. The fourth-order valence-electron chi connectivity index (χ4n) is 1.15. The van der Waals surface area contributed by atoms with Crippen molar-refractivity contribution in [3.8, 4) is 0 Å². The van der Waals surface area contributed by atoms with Gasteiger partial charge in [-0.1, -0.05) is 0 Å². The largest absolute Gasteiger partial charge is 0.358 e. The van der Waals surface area contributed by atoms with E-state index in [1.165, 1.54) is 0 Å². The number of alkyl halides is 1. The minimum absolute atomic E-state index is 0.531. The predicted octanol–water partition coefficient (Wildman–Crippen LogP) is 1.08. The van der Waals surface area contributed by atoms with Crippen molar-refractivity contribution < 1.29 is 4.39 Å². The summed E-state index contributed by atoms with van der Waals surface area (Å²) in [6, 6.07) is 0. The van der Waals surface area contributed by atoms with E-state index >= 15 is 0 Å². The zero-order chi connectivity index (χ0) is 7.56. The summed E-state index contributed by atoms with van der Waals surface area (Å²) in [4.78, 5) is 5.96. The normalized spacial score (nSPS) is 27.7. The van der Waals surface area contributed by atoms with E-state index in [9.17, 15) is 4.39 Å². The van der Waals surface area contributed by atoms with Crippen molar-refractivity contribution in [3.63, 3.8) is 0 Å². The van der Waals surface area contributed by atoms with E-state index in [0.717, 1.165) is 12.4 Å². The van der Waals surface area contributed by atoms with Gasteiger partial charge >= 0.3 is 0 Å². The fourth-order valence-corrected chi connectivity index (χ4v) is 1.15. The van der Waals surface area contributed by atoms with E-state index in [2.05, 4.69) is 4.99 Å². The van der Waals surface area contributed by atoms with Gasteiger partial charge in [0.1, 0.15) is 6.17 Å². The summed E-state index contributed by atoms with van der Waals surface area (Å²) in [6.45, 7) is 3.27. The van der Waals surface area contributed by atoms with Gasteiger partial charge in [-0.3, -0.25) is 4.99 Å². The minimum Gasteiger partial charge on any atom is -0.358 e. The van der Waals surface area contributed by atoms with Crippen LogP contribution in [-0.4, -0.2) is 37.0 Å². The Bertz CT molecular complexity index is 145. The average Bonchev–Trinajstić information content (AvgIpc) is 2.34. The van der Waals surface area contributed by atoms with Gasteiger partial charge in [0.15, 0.2) is 0 Å². The second-order valence-corrected chi connectivity index (χ2v) is 2.60. The molecule has 1 fully saturated rings. The number of amidine groups is 1. The first-order chi connectivity index (χ1) is 4.74. The topological polar surface area (TPSA) is 15.6 Å². The van der Waals surface area contributed by atoms with Gasteiger partial charge in [-0.2, -0.15) is 0 Å². The monoisotopic (exact) mass is 144 g/mol. The molecule has 1 atom stereocenters. The van der Waals surface area contributed by atoms with Crippen LogP contribution in [0.4, 0.5) is 4.39 Å². The third-order valence-corrected chi connectivity index (χ3v) is 1.91. The highest BCUT2D eigenvalue weighted by Gasteiger charge is 2.21. The molecular formula is C7H13FN2. The Labute approximate surface area is 60.7 Å². The zero-order valence-corrected chi connectivity index (χ0v) is 6.47. The lowest BCUT2D eigenvalue weighted by atomic mass is 10.3. The number of hydrogen-bond acceptors (Lipinski definition) is 1. The summed E-state index contributed by atoms with van der Waals surface area (Å²) in [5.74, 6) is 0.945. The van der Waals surface area contributed by atoms with Crippen molar-refractivity contribution >= 4 is 5.84 Å². The molecule has 0 N–H and O–H groups in total. The molecule has 0 bridgehead atoms. The molecule has 1 aliphatic rings. The van der Waals surface area contributed by atoms with Crippen molar-refractivity contribution in [3.05, 3.63) is 0 Å². The maximum atomic E-state index is 12.6. The first kappa shape index (κ1) is 7.51. The quantitative estimate of drug-likeness (QED) is 0.367. The van der Waals surface area contributed by atoms with Gasteiger partial charge in [-0.05, 0) is 13.3 Å². The van der Waals surface area contributed by atoms with E-state index < -0.39 is 6.17 Å². The molecule has 3 heteroatoms. The van der Waals surface area contributed by atoms with Crippen LogP contribution in [0.2, 0.25) is 0 Å². The van der Waals surface area contributed by atoms with Gasteiger partial charge in [-0.25, -0.2) is 4.39 Å². The Hall–Kier alpha value is -0.600. The van der Waals surface area contributed by atoms with Crippen LogP contribution in [0.3, 0.4) is 0 Å². The number of rotatable bonds is 0. The highest BCUT2D eigenvalue weighted by molar-refractivity contribution is 5.79. The van der Waals surface area contributed by atoms with E-state index in [-0.39, 0.29) is 0 Å². The van der Waals surface area contributed by atoms with E-state index in [1.807, 2.05) is 11.8 Å². The third-order valence-electron chi connectivity index (χ3n) is 1.91. The minimum atomic E-state index is -0.642. The lowest BCUT2D eigenvalue weighted by Gasteiger charge is -2.15.